The molecule has 280 valence electrons. The van der Waals surface area contributed by atoms with Gasteiger partial charge >= 0.3 is 6.01 Å². The van der Waals surface area contributed by atoms with Crippen LogP contribution in [0.1, 0.15) is 96.0 Å². The average molecular weight is 723 g/mol. The summed E-state index contributed by atoms with van der Waals surface area (Å²) < 4.78 is 38.2. The van der Waals surface area contributed by atoms with Crippen molar-refractivity contribution in [2.45, 2.75) is 109 Å². The van der Waals surface area contributed by atoms with Crippen LogP contribution in [0.25, 0.3) is 32.9 Å². The standard InChI is InChI=1S/C43H52F2N6O2/c1-4-34-37(44)18-15-29-22-32(52)23-35(38(29)34)40-39(45)41-36(24-46-40)42(51-25-30-16-17-31(26-51)47-30)49-43(48-41)53-33-19-21-50(27-33)20-13-11-9-7-5-6-8-10-12-14-28(2)3/h1,15,18,22-24,30-31,33,47,52H,2,5-14,16-17,19-21,25-27H2,3H3. The summed E-state index contributed by atoms with van der Waals surface area (Å²) in [7, 11) is 0. The highest BCUT2D eigenvalue weighted by atomic mass is 19.1. The molecular formula is C43H52F2N6O2. The molecule has 8 nitrogen and oxygen atoms in total. The van der Waals surface area contributed by atoms with E-state index in [2.05, 4.69) is 44.5 Å². The van der Waals surface area contributed by atoms with Crippen LogP contribution in [0.4, 0.5) is 14.6 Å². The molecule has 0 saturated carbocycles. The summed E-state index contributed by atoms with van der Waals surface area (Å²) >= 11 is 0. The molecule has 3 saturated heterocycles. The maximum Gasteiger partial charge on any atom is 0.319 e. The average Bonchev–Trinajstić information content (AvgIpc) is 3.74. The molecule has 3 aliphatic heterocycles. The van der Waals surface area contributed by atoms with Gasteiger partial charge in [0, 0.05) is 55.4 Å². The van der Waals surface area contributed by atoms with Crippen molar-refractivity contribution in [3.8, 4) is 35.4 Å². The first-order valence-corrected chi connectivity index (χ1v) is 19.6. The summed E-state index contributed by atoms with van der Waals surface area (Å²) in [4.78, 5) is 18.8. The third kappa shape index (κ3) is 8.58. The fraction of sp³-hybridized carbons (Fsp3) is 0.512. The summed E-state index contributed by atoms with van der Waals surface area (Å²) in [5.41, 5.74) is 1.45. The molecular weight excluding hydrogens is 671 g/mol. The second kappa shape index (κ2) is 16.8. The van der Waals surface area contributed by atoms with Gasteiger partial charge in [0.2, 0.25) is 0 Å². The molecule has 3 fully saturated rings. The Balaban J connectivity index is 1.07. The minimum absolute atomic E-state index is 0.0196. The van der Waals surface area contributed by atoms with Gasteiger partial charge < -0.3 is 20.1 Å². The zero-order valence-corrected chi connectivity index (χ0v) is 31.0. The number of benzene rings is 2. The van der Waals surface area contributed by atoms with Gasteiger partial charge in [-0.05, 0) is 75.6 Å². The number of unbranched alkanes of at least 4 members (excludes halogenated alkanes) is 8. The number of likely N-dealkylation sites (tertiary alicyclic amines) is 1. The predicted molar refractivity (Wildman–Crippen MR) is 208 cm³/mol. The third-order valence-corrected chi connectivity index (χ3v) is 11.2. The molecule has 0 spiro atoms. The highest BCUT2D eigenvalue weighted by molar-refractivity contribution is 6.03. The van der Waals surface area contributed by atoms with Gasteiger partial charge in [-0.15, -0.1) is 13.0 Å². The Morgan fingerprint density at radius 1 is 0.981 bits per heavy atom. The van der Waals surface area contributed by atoms with Gasteiger partial charge in [-0.25, -0.2) is 8.78 Å². The van der Waals surface area contributed by atoms with Crippen molar-refractivity contribution in [3.05, 3.63) is 59.8 Å². The number of aromatic nitrogens is 3. The van der Waals surface area contributed by atoms with E-state index in [1.807, 2.05) is 0 Å². The van der Waals surface area contributed by atoms with Crippen LogP contribution in [0.5, 0.6) is 11.8 Å². The van der Waals surface area contributed by atoms with Crippen molar-refractivity contribution >= 4 is 27.5 Å². The number of piperazine rings is 1. The first-order valence-electron chi connectivity index (χ1n) is 19.6. The number of phenolic OH excluding ortho intramolecular Hbond substituents is 1. The van der Waals surface area contributed by atoms with Crippen LogP contribution in [0.3, 0.4) is 0 Å². The van der Waals surface area contributed by atoms with E-state index in [9.17, 15) is 9.50 Å². The first-order chi connectivity index (χ1) is 25.8. The number of halogens is 2. The van der Waals surface area contributed by atoms with Crippen LogP contribution in [0.15, 0.2) is 42.6 Å². The highest BCUT2D eigenvalue weighted by Gasteiger charge is 2.35. The second-order valence-electron chi connectivity index (χ2n) is 15.4. The van der Waals surface area contributed by atoms with Crippen molar-refractivity contribution in [1.82, 2.24) is 25.2 Å². The molecule has 0 amide bonds. The van der Waals surface area contributed by atoms with E-state index >= 15 is 4.39 Å². The van der Waals surface area contributed by atoms with Crippen LogP contribution in [0.2, 0.25) is 0 Å². The van der Waals surface area contributed by atoms with Gasteiger partial charge in [-0.2, -0.15) is 9.97 Å². The van der Waals surface area contributed by atoms with Crippen LogP contribution in [-0.4, -0.2) is 75.9 Å². The molecule has 3 atom stereocenters. The van der Waals surface area contributed by atoms with Crippen molar-refractivity contribution < 1.29 is 18.6 Å². The predicted octanol–water partition coefficient (Wildman–Crippen LogP) is 8.68. The molecule has 53 heavy (non-hydrogen) atoms. The molecule has 0 radical (unpaired) electrons. The van der Waals surface area contributed by atoms with Gasteiger partial charge in [-0.1, -0.05) is 62.5 Å². The van der Waals surface area contributed by atoms with E-state index in [-0.39, 0.29) is 40.2 Å². The molecule has 3 unspecified atom stereocenters. The number of allylic oxidation sites excluding steroid dienone is 1. The van der Waals surface area contributed by atoms with Crippen LogP contribution in [0, 0.1) is 24.0 Å². The number of phenols is 1. The fourth-order valence-electron chi connectivity index (χ4n) is 8.47. The van der Waals surface area contributed by atoms with Gasteiger partial charge in [-0.3, -0.25) is 9.88 Å². The number of pyridine rings is 1. The van der Waals surface area contributed by atoms with E-state index in [1.165, 1.54) is 87.6 Å². The Labute approximate surface area is 312 Å². The van der Waals surface area contributed by atoms with Crippen LogP contribution < -0.4 is 15.0 Å². The number of rotatable bonds is 16. The molecule has 2 aromatic heterocycles. The number of fused-ring (bicyclic) bond motifs is 4. The number of hydrogen-bond donors (Lipinski definition) is 2. The second-order valence-corrected chi connectivity index (χ2v) is 15.4. The highest BCUT2D eigenvalue weighted by Crippen LogP contribution is 2.39. The molecule has 5 heterocycles. The van der Waals surface area contributed by atoms with E-state index in [0.29, 0.717) is 34.1 Å². The van der Waals surface area contributed by atoms with Gasteiger partial charge in [0.25, 0.3) is 0 Å². The topological polar surface area (TPSA) is 86.6 Å². The molecule has 0 aliphatic carbocycles. The smallest absolute Gasteiger partial charge is 0.319 e. The molecule has 4 aromatic rings. The zero-order valence-electron chi connectivity index (χ0n) is 31.0. The van der Waals surface area contributed by atoms with Crippen molar-refractivity contribution in [2.24, 2.45) is 0 Å². The minimum Gasteiger partial charge on any atom is -0.508 e. The van der Waals surface area contributed by atoms with E-state index in [0.717, 1.165) is 58.4 Å². The SMILES string of the molecule is C#Cc1c(F)ccc2cc(O)cc(-c3ncc4c(N5CC6CCC(C5)N6)nc(OC5CCN(CCCCCCCCCCCC(=C)C)C5)nc4c3F)c12. The Bertz CT molecular complexity index is 1980. The molecule has 2 bridgehead atoms. The first kappa shape index (κ1) is 37.0. The molecule has 2 aromatic carbocycles. The number of terminal acetylenes is 1. The lowest BCUT2D eigenvalue weighted by atomic mass is 9.96. The number of nitrogens with one attached hydrogen (secondary N) is 1. The summed E-state index contributed by atoms with van der Waals surface area (Å²) in [6, 6.07) is 6.40. The fourth-order valence-corrected chi connectivity index (χ4v) is 8.47. The van der Waals surface area contributed by atoms with E-state index < -0.39 is 11.6 Å². The number of nitrogens with zero attached hydrogens (tertiary/aromatic N) is 5. The van der Waals surface area contributed by atoms with Gasteiger partial charge in [0.15, 0.2) is 5.82 Å². The summed E-state index contributed by atoms with van der Waals surface area (Å²) in [6.45, 7) is 10.3. The summed E-state index contributed by atoms with van der Waals surface area (Å²) in [5.74, 6) is 1.58. The Kier molecular flexibility index (Phi) is 11.7. The monoisotopic (exact) mass is 722 g/mol. The lowest BCUT2D eigenvalue weighted by Gasteiger charge is -2.34. The summed E-state index contributed by atoms with van der Waals surface area (Å²) in [6.07, 6.45) is 22.9. The number of ether oxygens (including phenoxy) is 1. The molecule has 7 rings (SSSR count). The molecule has 2 N–H and O–H groups in total. The maximum absolute atomic E-state index is 16.9. The number of aromatic hydroxyl groups is 1. The maximum atomic E-state index is 16.9. The van der Waals surface area contributed by atoms with E-state index in [4.69, 9.17) is 16.1 Å². The van der Waals surface area contributed by atoms with Crippen molar-refractivity contribution in [1.29, 1.82) is 0 Å². The molecule has 10 heteroatoms. The van der Waals surface area contributed by atoms with Crippen LogP contribution in [-0.2, 0) is 0 Å². The number of hydrogen-bond acceptors (Lipinski definition) is 8. The van der Waals surface area contributed by atoms with E-state index in [1.54, 1.807) is 6.20 Å². The Morgan fingerprint density at radius 3 is 2.42 bits per heavy atom. The minimum atomic E-state index is -0.705. The molecule has 3 aliphatic rings. The lowest BCUT2D eigenvalue weighted by molar-refractivity contribution is 0.185. The van der Waals surface area contributed by atoms with Crippen LogP contribution >= 0.6 is 0 Å². The Morgan fingerprint density at radius 2 is 1.70 bits per heavy atom. The lowest BCUT2D eigenvalue weighted by Crippen LogP contribution is -2.51. The zero-order chi connectivity index (χ0) is 36.9. The summed E-state index contributed by atoms with van der Waals surface area (Å²) in [5, 5.41) is 15.5. The third-order valence-electron chi connectivity index (χ3n) is 11.2. The largest absolute Gasteiger partial charge is 0.508 e. The van der Waals surface area contributed by atoms with Crippen molar-refractivity contribution in [3.63, 3.8) is 0 Å². The number of anilines is 1. The normalized spacial score (nSPS) is 20.0. The Hall–Kier alpha value is -4.33. The van der Waals surface area contributed by atoms with Gasteiger partial charge in [0.1, 0.15) is 34.7 Å². The van der Waals surface area contributed by atoms with Gasteiger partial charge in [0.05, 0.1) is 10.9 Å². The quantitative estimate of drug-likeness (QED) is 0.0676. The van der Waals surface area contributed by atoms with Crippen molar-refractivity contribution in [2.75, 3.05) is 37.6 Å².